The standard InChI is InChI=1S/C21H23FN4O2/c1-12-4-7-16(13(2)8-12)24-19-15(21(27)25-28-10-14-5-6-14)9-17-20(18(19)22)23-11-26(17)3/h4,7-9,11,14,24H,5-6,10H2,1-3H3,(H,25,27). The SMILES string of the molecule is Cc1ccc(Nc2c(C(=O)NOCC3CC3)cc3c(ncn3C)c2F)c(C)c1. The van der Waals surface area contributed by atoms with Crippen molar-refractivity contribution in [2.45, 2.75) is 26.7 Å². The number of amides is 1. The maximum absolute atomic E-state index is 15.3. The number of carbonyl (C=O) groups is 1. The summed E-state index contributed by atoms with van der Waals surface area (Å²) < 4.78 is 17.0. The Balaban J connectivity index is 1.73. The molecule has 0 radical (unpaired) electrons. The molecule has 7 heteroatoms. The number of fused-ring (bicyclic) bond motifs is 1. The largest absolute Gasteiger partial charge is 0.352 e. The van der Waals surface area contributed by atoms with Gasteiger partial charge in [0.1, 0.15) is 5.52 Å². The Morgan fingerprint density at radius 2 is 2.11 bits per heavy atom. The van der Waals surface area contributed by atoms with Gasteiger partial charge in [-0.05, 0) is 50.3 Å². The molecule has 6 nitrogen and oxygen atoms in total. The van der Waals surface area contributed by atoms with Crippen LogP contribution >= 0.6 is 0 Å². The second kappa shape index (κ2) is 7.24. The highest BCUT2D eigenvalue weighted by Gasteiger charge is 2.24. The minimum Gasteiger partial charge on any atom is -0.352 e. The van der Waals surface area contributed by atoms with Crippen molar-refractivity contribution < 1.29 is 14.0 Å². The summed E-state index contributed by atoms with van der Waals surface area (Å²) in [4.78, 5) is 22.2. The number of aryl methyl sites for hydroxylation is 3. The summed E-state index contributed by atoms with van der Waals surface area (Å²) in [5.74, 6) is -0.551. The third-order valence-electron chi connectivity index (χ3n) is 5.03. The van der Waals surface area contributed by atoms with Crippen LogP contribution in [-0.4, -0.2) is 22.1 Å². The van der Waals surface area contributed by atoms with E-state index in [4.69, 9.17) is 4.84 Å². The van der Waals surface area contributed by atoms with Crippen LogP contribution in [-0.2, 0) is 11.9 Å². The van der Waals surface area contributed by atoms with Gasteiger partial charge in [0.15, 0.2) is 5.82 Å². The number of benzene rings is 2. The number of halogens is 1. The van der Waals surface area contributed by atoms with Gasteiger partial charge in [-0.25, -0.2) is 14.9 Å². The van der Waals surface area contributed by atoms with Crippen molar-refractivity contribution >= 4 is 28.3 Å². The average Bonchev–Trinajstić information content (AvgIpc) is 3.40. The van der Waals surface area contributed by atoms with Crippen LogP contribution in [0.2, 0.25) is 0 Å². The Morgan fingerprint density at radius 3 is 2.82 bits per heavy atom. The van der Waals surface area contributed by atoms with E-state index in [9.17, 15) is 4.79 Å². The third kappa shape index (κ3) is 3.57. The quantitative estimate of drug-likeness (QED) is 0.629. The number of hydroxylamine groups is 1. The van der Waals surface area contributed by atoms with E-state index in [0.29, 0.717) is 18.0 Å². The molecule has 1 aliphatic rings. The molecule has 1 aliphatic carbocycles. The monoisotopic (exact) mass is 382 g/mol. The van der Waals surface area contributed by atoms with Gasteiger partial charge in [-0.1, -0.05) is 17.7 Å². The van der Waals surface area contributed by atoms with Gasteiger partial charge < -0.3 is 9.88 Å². The van der Waals surface area contributed by atoms with Crippen LogP contribution in [0.1, 0.15) is 34.3 Å². The summed E-state index contributed by atoms with van der Waals surface area (Å²) in [5.41, 5.74) is 6.25. The molecule has 146 valence electrons. The normalized spacial score (nSPS) is 13.7. The number of carbonyl (C=O) groups excluding carboxylic acids is 1. The summed E-state index contributed by atoms with van der Waals surface area (Å²) >= 11 is 0. The maximum atomic E-state index is 15.3. The summed E-state index contributed by atoms with van der Waals surface area (Å²) in [7, 11) is 1.76. The first-order valence-corrected chi connectivity index (χ1v) is 9.34. The van der Waals surface area contributed by atoms with Gasteiger partial charge in [0.05, 0.1) is 29.7 Å². The molecule has 3 aromatic rings. The molecule has 0 unspecified atom stereocenters. The highest BCUT2D eigenvalue weighted by molar-refractivity contribution is 6.04. The number of aromatic nitrogens is 2. The molecular weight excluding hydrogens is 359 g/mol. The molecule has 1 fully saturated rings. The molecule has 1 heterocycles. The molecule has 4 rings (SSSR count). The van der Waals surface area contributed by atoms with Crippen LogP contribution in [0.15, 0.2) is 30.6 Å². The molecule has 1 amide bonds. The van der Waals surface area contributed by atoms with E-state index in [1.165, 1.54) is 6.33 Å². The van der Waals surface area contributed by atoms with Gasteiger partial charge in [-0.15, -0.1) is 0 Å². The van der Waals surface area contributed by atoms with Gasteiger partial charge in [0.25, 0.3) is 5.91 Å². The first kappa shape index (κ1) is 18.4. The number of hydrogen-bond donors (Lipinski definition) is 2. The van der Waals surface area contributed by atoms with E-state index >= 15 is 4.39 Å². The fourth-order valence-electron chi connectivity index (χ4n) is 3.18. The smallest absolute Gasteiger partial charge is 0.277 e. The minimum absolute atomic E-state index is 0.0886. The minimum atomic E-state index is -0.564. The molecule has 0 bridgehead atoms. The van der Waals surface area contributed by atoms with E-state index < -0.39 is 11.7 Å². The van der Waals surface area contributed by atoms with Crippen molar-refractivity contribution in [3.8, 4) is 0 Å². The topological polar surface area (TPSA) is 68.2 Å². The Labute approximate surface area is 162 Å². The van der Waals surface area contributed by atoms with Crippen molar-refractivity contribution in [1.82, 2.24) is 15.0 Å². The Bertz CT molecular complexity index is 1060. The fourth-order valence-corrected chi connectivity index (χ4v) is 3.18. The van der Waals surface area contributed by atoms with Crippen LogP contribution in [0.25, 0.3) is 11.0 Å². The van der Waals surface area contributed by atoms with E-state index in [2.05, 4.69) is 15.8 Å². The lowest BCUT2D eigenvalue weighted by atomic mass is 10.1. The first-order valence-electron chi connectivity index (χ1n) is 9.34. The molecule has 1 aromatic heterocycles. The number of imidazole rings is 1. The molecule has 2 N–H and O–H groups in total. The van der Waals surface area contributed by atoms with Crippen molar-refractivity contribution in [1.29, 1.82) is 0 Å². The third-order valence-corrected chi connectivity index (χ3v) is 5.03. The Hall–Kier alpha value is -2.93. The van der Waals surface area contributed by atoms with Crippen molar-refractivity contribution in [2.75, 3.05) is 11.9 Å². The number of nitrogens with zero attached hydrogens (tertiary/aromatic N) is 2. The van der Waals surface area contributed by atoms with Gasteiger partial charge in [-0.3, -0.25) is 9.63 Å². The van der Waals surface area contributed by atoms with E-state index in [0.717, 1.165) is 29.7 Å². The second-order valence-electron chi connectivity index (χ2n) is 7.47. The van der Waals surface area contributed by atoms with E-state index in [1.807, 2.05) is 32.0 Å². The molecule has 0 saturated heterocycles. The molecule has 2 aromatic carbocycles. The van der Waals surface area contributed by atoms with Gasteiger partial charge in [-0.2, -0.15) is 0 Å². The lowest BCUT2D eigenvalue weighted by Gasteiger charge is -2.16. The maximum Gasteiger partial charge on any atom is 0.277 e. The van der Waals surface area contributed by atoms with Crippen molar-refractivity contribution in [2.24, 2.45) is 13.0 Å². The summed E-state index contributed by atoms with van der Waals surface area (Å²) in [6.45, 7) is 4.40. The van der Waals surface area contributed by atoms with Crippen LogP contribution in [0.4, 0.5) is 15.8 Å². The zero-order valence-corrected chi connectivity index (χ0v) is 16.2. The fraction of sp³-hybridized carbons (Fsp3) is 0.333. The summed E-state index contributed by atoms with van der Waals surface area (Å²) in [5, 5.41) is 3.09. The van der Waals surface area contributed by atoms with Crippen LogP contribution in [0.5, 0.6) is 0 Å². The predicted octanol–water partition coefficient (Wildman–Crippen LogP) is 4.14. The highest BCUT2D eigenvalue weighted by Crippen LogP contribution is 2.32. The highest BCUT2D eigenvalue weighted by atomic mass is 19.1. The van der Waals surface area contributed by atoms with Crippen molar-refractivity contribution in [3.63, 3.8) is 0 Å². The predicted molar refractivity (Wildman–Crippen MR) is 106 cm³/mol. The number of nitrogens with one attached hydrogen (secondary N) is 2. The Kier molecular flexibility index (Phi) is 4.77. The van der Waals surface area contributed by atoms with Crippen LogP contribution in [0, 0.1) is 25.6 Å². The van der Waals surface area contributed by atoms with Crippen molar-refractivity contribution in [3.05, 3.63) is 53.1 Å². The number of hydrogen-bond acceptors (Lipinski definition) is 4. The van der Waals surface area contributed by atoms with Gasteiger partial charge >= 0.3 is 0 Å². The Morgan fingerprint density at radius 1 is 1.32 bits per heavy atom. The number of anilines is 2. The zero-order valence-electron chi connectivity index (χ0n) is 16.2. The summed E-state index contributed by atoms with van der Waals surface area (Å²) in [6, 6.07) is 7.44. The molecule has 0 aliphatic heterocycles. The molecule has 28 heavy (non-hydrogen) atoms. The average molecular weight is 382 g/mol. The van der Waals surface area contributed by atoms with Gasteiger partial charge in [0.2, 0.25) is 0 Å². The first-order chi connectivity index (χ1) is 13.4. The van der Waals surface area contributed by atoms with E-state index in [-0.39, 0.29) is 16.8 Å². The lowest BCUT2D eigenvalue weighted by Crippen LogP contribution is -2.26. The molecule has 1 saturated carbocycles. The van der Waals surface area contributed by atoms with Crippen LogP contribution in [0.3, 0.4) is 0 Å². The van der Waals surface area contributed by atoms with Crippen LogP contribution < -0.4 is 10.8 Å². The summed E-state index contributed by atoms with van der Waals surface area (Å²) in [6.07, 6.45) is 3.76. The molecular formula is C21H23FN4O2. The lowest BCUT2D eigenvalue weighted by molar-refractivity contribution is 0.0271. The zero-order chi connectivity index (χ0) is 19.8. The number of rotatable bonds is 6. The van der Waals surface area contributed by atoms with Gasteiger partial charge in [0, 0.05) is 12.7 Å². The molecule has 0 atom stereocenters. The molecule has 0 spiro atoms. The van der Waals surface area contributed by atoms with E-state index in [1.54, 1.807) is 17.7 Å². The second-order valence-corrected chi connectivity index (χ2v) is 7.47.